The number of rotatable bonds is 5. The number of benzene rings is 1. The summed E-state index contributed by atoms with van der Waals surface area (Å²) in [5, 5.41) is 0. The highest BCUT2D eigenvalue weighted by Gasteiger charge is 2.11. The molecule has 0 amide bonds. The van der Waals surface area contributed by atoms with Gasteiger partial charge in [-0.15, -0.1) is 4.98 Å². The third-order valence-corrected chi connectivity index (χ3v) is 2.63. The number of ether oxygens (including phenoxy) is 2. The summed E-state index contributed by atoms with van der Waals surface area (Å²) in [7, 11) is 0. The molecule has 0 atom stereocenters. The van der Waals surface area contributed by atoms with Gasteiger partial charge in [-0.3, -0.25) is 0 Å². The Balaban J connectivity index is 2.30. The molecule has 0 saturated carbocycles. The molecule has 6 nitrogen and oxygen atoms in total. The van der Waals surface area contributed by atoms with E-state index < -0.39 is 0 Å². The fourth-order valence-electron chi connectivity index (χ4n) is 1.74. The lowest BCUT2D eigenvalue weighted by atomic mass is 10.0. The minimum Gasteiger partial charge on any atom is -0.464 e. The summed E-state index contributed by atoms with van der Waals surface area (Å²) in [6.45, 7) is 6.48. The normalized spacial score (nSPS) is 10.6. The van der Waals surface area contributed by atoms with Crippen LogP contribution >= 0.6 is 0 Å². The zero-order valence-electron chi connectivity index (χ0n) is 11.8. The number of hydrogen-bond acceptors (Lipinski definition) is 6. The summed E-state index contributed by atoms with van der Waals surface area (Å²) >= 11 is 0. The van der Waals surface area contributed by atoms with Crippen molar-refractivity contribution in [1.29, 1.82) is 0 Å². The van der Waals surface area contributed by atoms with E-state index in [-0.39, 0.29) is 18.0 Å². The zero-order chi connectivity index (χ0) is 14.5. The Hall–Kier alpha value is -2.37. The molecule has 1 aromatic heterocycles. The maximum absolute atomic E-state index is 5.72. The number of hydrogen-bond donors (Lipinski definition) is 1. The number of nitrogens with zero attached hydrogens (tertiary/aromatic N) is 3. The van der Waals surface area contributed by atoms with Gasteiger partial charge in [-0.05, 0) is 24.5 Å². The monoisotopic (exact) mass is 274 g/mol. The number of para-hydroxylation sites is 1. The van der Waals surface area contributed by atoms with Crippen molar-refractivity contribution >= 4 is 5.95 Å². The van der Waals surface area contributed by atoms with Crippen LogP contribution in [0.4, 0.5) is 5.95 Å². The summed E-state index contributed by atoms with van der Waals surface area (Å²) in [6.07, 6.45) is 0. The highest BCUT2D eigenvalue weighted by molar-refractivity contribution is 5.37. The third kappa shape index (κ3) is 3.34. The minimum atomic E-state index is 0.0699. The van der Waals surface area contributed by atoms with Crippen LogP contribution in [-0.2, 0) is 0 Å². The molecule has 6 heteroatoms. The number of anilines is 1. The lowest BCUT2D eigenvalue weighted by Crippen LogP contribution is -2.05. The third-order valence-electron chi connectivity index (χ3n) is 2.63. The van der Waals surface area contributed by atoms with Crippen molar-refractivity contribution in [1.82, 2.24) is 15.0 Å². The maximum Gasteiger partial charge on any atom is 0.330 e. The molecule has 0 aliphatic carbocycles. The lowest BCUT2D eigenvalue weighted by molar-refractivity contribution is 0.303. The molecule has 1 heterocycles. The van der Waals surface area contributed by atoms with E-state index >= 15 is 0 Å². The van der Waals surface area contributed by atoms with E-state index in [9.17, 15) is 0 Å². The quantitative estimate of drug-likeness (QED) is 0.902. The van der Waals surface area contributed by atoms with E-state index in [4.69, 9.17) is 15.2 Å². The minimum absolute atomic E-state index is 0.0699. The van der Waals surface area contributed by atoms with Crippen LogP contribution in [0, 0.1) is 0 Å². The Labute approximate surface area is 118 Å². The van der Waals surface area contributed by atoms with Crippen molar-refractivity contribution in [3.63, 3.8) is 0 Å². The van der Waals surface area contributed by atoms with Crippen LogP contribution in [0.2, 0.25) is 0 Å². The van der Waals surface area contributed by atoms with E-state index in [1.807, 2.05) is 31.2 Å². The molecule has 0 unspecified atom stereocenters. The predicted octanol–water partition coefficient (Wildman–Crippen LogP) is 2.77. The SMILES string of the molecule is CCOc1nc(N)nc(Oc2ccccc2C(C)C)n1. The molecule has 0 radical (unpaired) electrons. The van der Waals surface area contributed by atoms with E-state index in [1.165, 1.54) is 0 Å². The Morgan fingerprint density at radius 3 is 2.50 bits per heavy atom. The Kier molecular flexibility index (Phi) is 4.34. The van der Waals surface area contributed by atoms with Gasteiger partial charge in [0.15, 0.2) is 0 Å². The van der Waals surface area contributed by atoms with Gasteiger partial charge in [-0.25, -0.2) is 0 Å². The molecule has 0 aliphatic heterocycles. The highest BCUT2D eigenvalue weighted by atomic mass is 16.5. The topological polar surface area (TPSA) is 83.2 Å². The van der Waals surface area contributed by atoms with Crippen LogP contribution in [0.3, 0.4) is 0 Å². The second kappa shape index (κ2) is 6.18. The summed E-state index contributed by atoms with van der Waals surface area (Å²) < 4.78 is 10.9. The van der Waals surface area contributed by atoms with Crippen LogP contribution in [-0.4, -0.2) is 21.6 Å². The van der Waals surface area contributed by atoms with Gasteiger partial charge in [0, 0.05) is 0 Å². The second-order valence-electron chi connectivity index (χ2n) is 4.49. The van der Waals surface area contributed by atoms with Crippen LogP contribution in [0.1, 0.15) is 32.3 Å². The lowest BCUT2D eigenvalue weighted by Gasteiger charge is -2.12. The smallest absolute Gasteiger partial charge is 0.330 e. The van der Waals surface area contributed by atoms with Crippen molar-refractivity contribution in [2.75, 3.05) is 12.3 Å². The molecule has 106 valence electrons. The first-order valence-electron chi connectivity index (χ1n) is 6.51. The largest absolute Gasteiger partial charge is 0.464 e. The standard InChI is InChI=1S/C14H18N4O2/c1-4-19-13-16-12(15)17-14(18-13)20-11-8-6-5-7-10(11)9(2)3/h5-9H,4H2,1-3H3,(H2,15,16,17,18). The molecular formula is C14H18N4O2. The van der Waals surface area contributed by atoms with Gasteiger partial charge < -0.3 is 15.2 Å². The molecule has 0 bridgehead atoms. The average Bonchev–Trinajstić information content (AvgIpc) is 2.38. The van der Waals surface area contributed by atoms with E-state index in [1.54, 1.807) is 0 Å². The average molecular weight is 274 g/mol. The van der Waals surface area contributed by atoms with Gasteiger partial charge in [0.05, 0.1) is 6.61 Å². The maximum atomic E-state index is 5.72. The Morgan fingerprint density at radius 2 is 1.80 bits per heavy atom. The molecule has 0 saturated heterocycles. The molecule has 2 aromatic rings. The molecule has 2 rings (SSSR count). The van der Waals surface area contributed by atoms with Crippen molar-refractivity contribution in [3.05, 3.63) is 29.8 Å². The molecule has 0 spiro atoms. The zero-order valence-corrected chi connectivity index (χ0v) is 11.8. The Bertz CT molecular complexity index is 587. The van der Waals surface area contributed by atoms with Crippen molar-refractivity contribution < 1.29 is 9.47 Å². The van der Waals surface area contributed by atoms with Crippen LogP contribution in [0.25, 0.3) is 0 Å². The van der Waals surface area contributed by atoms with E-state index in [0.717, 1.165) is 5.56 Å². The van der Waals surface area contributed by atoms with Gasteiger partial charge in [0.1, 0.15) is 5.75 Å². The highest BCUT2D eigenvalue weighted by Crippen LogP contribution is 2.29. The van der Waals surface area contributed by atoms with Crippen LogP contribution in [0.5, 0.6) is 17.8 Å². The van der Waals surface area contributed by atoms with E-state index in [0.29, 0.717) is 18.3 Å². The molecule has 2 N–H and O–H groups in total. The van der Waals surface area contributed by atoms with Gasteiger partial charge in [-0.1, -0.05) is 32.0 Å². The molecule has 1 aromatic carbocycles. The number of aromatic nitrogens is 3. The fraction of sp³-hybridized carbons (Fsp3) is 0.357. The predicted molar refractivity (Wildman–Crippen MR) is 76.0 cm³/mol. The summed E-state index contributed by atoms with van der Waals surface area (Å²) in [4.78, 5) is 11.9. The number of nitrogens with two attached hydrogens (primary N) is 1. The van der Waals surface area contributed by atoms with Gasteiger partial charge in [0.2, 0.25) is 5.95 Å². The summed E-state index contributed by atoms with van der Waals surface area (Å²) in [6, 6.07) is 8.04. The van der Waals surface area contributed by atoms with Gasteiger partial charge in [-0.2, -0.15) is 9.97 Å². The van der Waals surface area contributed by atoms with Crippen molar-refractivity contribution in [3.8, 4) is 17.8 Å². The second-order valence-corrected chi connectivity index (χ2v) is 4.49. The Morgan fingerprint density at radius 1 is 1.10 bits per heavy atom. The van der Waals surface area contributed by atoms with Gasteiger partial charge in [0.25, 0.3) is 0 Å². The van der Waals surface area contributed by atoms with Crippen LogP contribution < -0.4 is 15.2 Å². The van der Waals surface area contributed by atoms with Gasteiger partial charge >= 0.3 is 12.0 Å². The summed E-state index contributed by atoms with van der Waals surface area (Å²) in [5.41, 5.74) is 6.69. The summed E-state index contributed by atoms with van der Waals surface area (Å²) in [5.74, 6) is 1.10. The van der Waals surface area contributed by atoms with Crippen molar-refractivity contribution in [2.45, 2.75) is 26.7 Å². The molecule has 0 fully saturated rings. The molecule has 20 heavy (non-hydrogen) atoms. The van der Waals surface area contributed by atoms with Crippen molar-refractivity contribution in [2.24, 2.45) is 0 Å². The first kappa shape index (κ1) is 14.0. The molecule has 0 aliphatic rings. The first-order valence-corrected chi connectivity index (χ1v) is 6.51. The van der Waals surface area contributed by atoms with E-state index in [2.05, 4.69) is 28.8 Å². The first-order chi connectivity index (χ1) is 9.60. The molecular weight excluding hydrogens is 256 g/mol. The number of nitrogen functional groups attached to an aromatic ring is 1. The van der Waals surface area contributed by atoms with Crippen LogP contribution in [0.15, 0.2) is 24.3 Å². The fourth-order valence-corrected chi connectivity index (χ4v) is 1.74.